The summed E-state index contributed by atoms with van der Waals surface area (Å²) in [6.07, 6.45) is 8.55. The molecular formula is C40H43BN2. The maximum atomic E-state index is 2.67. The van der Waals surface area contributed by atoms with Crippen LogP contribution in [0.1, 0.15) is 37.7 Å². The van der Waals surface area contributed by atoms with Crippen LogP contribution in [0.25, 0.3) is 0 Å². The zero-order valence-corrected chi connectivity index (χ0v) is 25.2. The first-order valence-electron chi connectivity index (χ1n) is 16.1. The summed E-state index contributed by atoms with van der Waals surface area (Å²) in [5.74, 6) is 0. The van der Waals surface area contributed by atoms with Crippen molar-refractivity contribution in [2.24, 2.45) is 0 Å². The largest absolute Gasteiger partial charge is 0.241 e. The van der Waals surface area contributed by atoms with E-state index in [1.54, 1.807) is 0 Å². The van der Waals surface area contributed by atoms with Gasteiger partial charge in [0.2, 0.25) is 6.17 Å². The van der Waals surface area contributed by atoms with Crippen LogP contribution in [0.4, 0.5) is 0 Å². The third-order valence-electron chi connectivity index (χ3n) is 9.37. The van der Waals surface area contributed by atoms with E-state index in [-0.39, 0.29) is 0 Å². The van der Waals surface area contributed by atoms with E-state index < -0.39 is 6.15 Å². The minimum absolute atomic E-state index is 0.654. The number of hydrogen-bond acceptors (Lipinski definition) is 1. The molecular weight excluding hydrogens is 519 g/mol. The summed E-state index contributed by atoms with van der Waals surface area (Å²) >= 11 is 0. The zero-order chi connectivity index (χ0) is 29.2. The van der Waals surface area contributed by atoms with Gasteiger partial charge in [0, 0.05) is 32.4 Å². The molecule has 0 saturated carbocycles. The van der Waals surface area contributed by atoms with Crippen LogP contribution < -0.4 is 21.9 Å². The minimum Gasteiger partial charge on any atom is -0.241 e. The third-order valence-corrected chi connectivity index (χ3v) is 9.37. The van der Waals surface area contributed by atoms with Gasteiger partial charge in [0.15, 0.2) is 0 Å². The Morgan fingerprint density at radius 1 is 0.535 bits per heavy atom. The summed E-state index contributed by atoms with van der Waals surface area (Å²) in [4.78, 5) is 2.67. The average molecular weight is 563 g/mol. The second kappa shape index (κ2) is 14.3. The second-order valence-corrected chi connectivity index (χ2v) is 12.0. The third kappa shape index (κ3) is 6.58. The normalized spacial score (nSPS) is 17.0. The molecule has 0 spiro atoms. The van der Waals surface area contributed by atoms with E-state index in [2.05, 4.69) is 167 Å². The molecule has 7 rings (SSSR count). The summed E-state index contributed by atoms with van der Waals surface area (Å²) < 4.78 is 2.60. The van der Waals surface area contributed by atoms with E-state index >= 15 is 0 Å². The first kappa shape index (κ1) is 28.9. The van der Waals surface area contributed by atoms with Gasteiger partial charge in [-0.3, -0.25) is 0 Å². The molecule has 1 saturated heterocycles. The van der Waals surface area contributed by atoms with Crippen LogP contribution in [0.3, 0.4) is 0 Å². The monoisotopic (exact) mass is 562 g/mol. The highest BCUT2D eigenvalue weighted by Gasteiger charge is 2.33. The molecule has 1 fully saturated rings. The highest BCUT2D eigenvalue weighted by Crippen LogP contribution is 2.21. The molecule has 5 aromatic carbocycles. The highest BCUT2D eigenvalue weighted by atomic mass is 15.3. The summed E-state index contributed by atoms with van der Waals surface area (Å²) in [6.45, 7) is 3.62. The van der Waals surface area contributed by atoms with Crippen LogP contribution in [0.2, 0.25) is 0 Å². The SMILES string of the molecule is C1=[N+]2CCCN(Cc3ccccc3)C2CCCC1.c1ccc([B-](c2ccccc2)(c2ccccc2)c2ccccc2)cc1. The van der Waals surface area contributed by atoms with Crippen LogP contribution in [0.5, 0.6) is 0 Å². The fraction of sp³-hybridized carbons (Fsp3) is 0.225. The molecule has 0 N–H and O–H groups in total. The molecule has 0 aliphatic carbocycles. The van der Waals surface area contributed by atoms with Crippen LogP contribution in [0.15, 0.2) is 152 Å². The van der Waals surface area contributed by atoms with Crippen LogP contribution in [0, 0.1) is 0 Å². The first-order valence-corrected chi connectivity index (χ1v) is 16.1. The van der Waals surface area contributed by atoms with Crippen molar-refractivity contribution < 1.29 is 4.58 Å². The van der Waals surface area contributed by atoms with Gasteiger partial charge in [0.05, 0.1) is 0 Å². The van der Waals surface area contributed by atoms with Crippen molar-refractivity contribution >= 4 is 34.2 Å². The van der Waals surface area contributed by atoms with Gasteiger partial charge in [-0.15, -0.1) is 0 Å². The van der Waals surface area contributed by atoms with E-state index in [9.17, 15) is 0 Å². The summed E-state index contributed by atoms with van der Waals surface area (Å²) in [7, 11) is 0. The van der Waals surface area contributed by atoms with E-state index in [1.807, 2.05) is 0 Å². The minimum atomic E-state index is -1.22. The van der Waals surface area contributed by atoms with Crippen molar-refractivity contribution in [3.05, 3.63) is 157 Å². The Kier molecular flexibility index (Phi) is 9.62. The number of fused-ring (bicyclic) bond motifs is 1. The molecule has 216 valence electrons. The maximum absolute atomic E-state index is 2.67. The fourth-order valence-electron chi connectivity index (χ4n) is 7.38. The van der Waals surface area contributed by atoms with Gasteiger partial charge in [-0.1, -0.05) is 152 Å². The molecule has 5 aromatic rings. The van der Waals surface area contributed by atoms with Gasteiger partial charge in [-0.05, 0) is 18.4 Å². The molecule has 1 unspecified atom stereocenters. The van der Waals surface area contributed by atoms with Crippen LogP contribution in [-0.2, 0) is 6.54 Å². The molecule has 0 radical (unpaired) electrons. The lowest BCUT2D eigenvalue weighted by atomic mass is 9.13. The molecule has 43 heavy (non-hydrogen) atoms. The summed E-state index contributed by atoms with van der Waals surface area (Å²) in [6, 6.07) is 54.4. The lowest BCUT2D eigenvalue weighted by Crippen LogP contribution is -2.74. The average Bonchev–Trinajstić information content (AvgIpc) is 3.35. The van der Waals surface area contributed by atoms with E-state index in [0.717, 1.165) is 6.54 Å². The number of rotatable bonds is 6. The Morgan fingerprint density at radius 2 is 0.977 bits per heavy atom. The van der Waals surface area contributed by atoms with Crippen LogP contribution >= 0.6 is 0 Å². The summed E-state index contributed by atoms with van der Waals surface area (Å²) in [5.41, 5.74) is 6.80. The number of hydrogen-bond donors (Lipinski definition) is 0. The highest BCUT2D eigenvalue weighted by molar-refractivity contribution is 7.19. The Hall–Kier alpha value is -4.21. The molecule has 1 atom stereocenters. The van der Waals surface area contributed by atoms with E-state index in [4.69, 9.17) is 0 Å². The van der Waals surface area contributed by atoms with Crippen molar-refractivity contribution in [1.29, 1.82) is 0 Å². The van der Waals surface area contributed by atoms with E-state index in [0.29, 0.717) is 6.17 Å². The van der Waals surface area contributed by atoms with Gasteiger partial charge in [0.1, 0.15) is 18.9 Å². The lowest BCUT2D eigenvalue weighted by molar-refractivity contribution is -0.601. The lowest BCUT2D eigenvalue weighted by Gasteiger charge is -2.44. The van der Waals surface area contributed by atoms with Crippen molar-refractivity contribution in [2.75, 3.05) is 13.1 Å². The smallest absolute Gasteiger partial charge is 0.209 e. The summed E-state index contributed by atoms with van der Waals surface area (Å²) in [5, 5.41) is 0. The van der Waals surface area contributed by atoms with Gasteiger partial charge < -0.3 is 0 Å². The second-order valence-electron chi connectivity index (χ2n) is 12.0. The van der Waals surface area contributed by atoms with Gasteiger partial charge >= 0.3 is 0 Å². The van der Waals surface area contributed by atoms with Crippen molar-refractivity contribution in [3.63, 3.8) is 0 Å². The Labute approximate surface area is 258 Å². The molecule has 3 heteroatoms. The van der Waals surface area contributed by atoms with E-state index in [1.165, 1.54) is 72.6 Å². The predicted molar refractivity (Wildman–Crippen MR) is 185 cm³/mol. The number of nitrogens with zero attached hydrogens (tertiary/aromatic N) is 2. The van der Waals surface area contributed by atoms with Crippen molar-refractivity contribution in [2.45, 2.75) is 44.8 Å². The Morgan fingerprint density at radius 3 is 1.44 bits per heavy atom. The standard InChI is InChI=1S/C24H20B.C16H23N2/c1-5-13-21(14-6-1)25(22-15-7-2-8-16-22,23-17-9-3-10-18-23)24-19-11-4-12-20-24;1-3-8-15(9-4-1)14-18-13-7-12-17-11-6-2-5-10-16(17)18/h1-20H;1,3-4,8-9,11,16H,2,5-7,10,12-14H2/q-1;+1. The van der Waals surface area contributed by atoms with Crippen molar-refractivity contribution in [3.8, 4) is 0 Å². The van der Waals surface area contributed by atoms with Crippen LogP contribution in [-0.4, -0.2) is 41.1 Å². The fourth-order valence-corrected chi connectivity index (χ4v) is 7.38. The molecule has 2 aliphatic rings. The molecule has 0 aromatic heterocycles. The van der Waals surface area contributed by atoms with Crippen molar-refractivity contribution in [1.82, 2.24) is 4.90 Å². The quantitative estimate of drug-likeness (QED) is 0.184. The predicted octanol–water partition coefficient (Wildman–Crippen LogP) is 5.94. The first-order chi connectivity index (χ1) is 21.4. The molecule has 2 nitrogen and oxygen atoms in total. The molecule has 0 amide bonds. The Bertz CT molecular complexity index is 1390. The van der Waals surface area contributed by atoms with Gasteiger partial charge in [0.25, 0.3) is 0 Å². The van der Waals surface area contributed by atoms with Gasteiger partial charge in [-0.25, -0.2) is 9.48 Å². The Balaban J connectivity index is 0.000000162. The zero-order valence-electron chi connectivity index (χ0n) is 25.2. The molecule has 0 bridgehead atoms. The number of benzene rings is 5. The molecule has 2 aliphatic heterocycles. The maximum Gasteiger partial charge on any atom is 0.209 e. The van der Waals surface area contributed by atoms with Gasteiger partial charge in [-0.2, -0.15) is 21.9 Å². The topological polar surface area (TPSA) is 6.25 Å². The molecule has 2 heterocycles.